The topological polar surface area (TPSA) is 76.4 Å². The minimum Gasteiger partial charge on any atom is -0.380 e. The maximum Gasteiger partial charge on any atom is 0.191 e. The zero-order valence-corrected chi connectivity index (χ0v) is 16.4. The molecule has 0 atom stereocenters. The summed E-state index contributed by atoms with van der Waals surface area (Å²) < 4.78 is 7.05. The van der Waals surface area contributed by atoms with E-state index in [0.29, 0.717) is 13.2 Å². The van der Waals surface area contributed by atoms with Crippen molar-refractivity contribution >= 4 is 29.9 Å². The predicted molar refractivity (Wildman–Crippen MR) is 106 cm³/mol. The molecule has 0 aromatic carbocycles. The molecule has 0 bridgehead atoms. The van der Waals surface area contributed by atoms with E-state index in [0.717, 1.165) is 37.0 Å². The fourth-order valence-electron chi connectivity index (χ4n) is 1.99. The maximum absolute atomic E-state index is 5.32. The van der Waals surface area contributed by atoms with Crippen molar-refractivity contribution in [3.05, 3.63) is 42.4 Å². The minimum atomic E-state index is 0. The SMILES string of the molecule is CCNC(=NCc1ccnc(-n2cccn2)c1)NCCOCC.I. The van der Waals surface area contributed by atoms with Crippen molar-refractivity contribution in [1.29, 1.82) is 0 Å². The summed E-state index contributed by atoms with van der Waals surface area (Å²) in [5.41, 5.74) is 1.08. The molecule has 8 heteroatoms. The van der Waals surface area contributed by atoms with Gasteiger partial charge in [0.15, 0.2) is 11.8 Å². The highest BCUT2D eigenvalue weighted by molar-refractivity contribution is 14.0. The average molecular weight is 444 g/mol. The Morgan fingerprint density at radius 1 is 1.29 bits per heavy atom. The smallest absolute Gasteiger partial charge is 0.191 e. The number of nitrogens with zero attached hydrogens (tertiary/aromatic N) is 4. The molecular weight excluding hydrogens is 419 g/mol. The quantitative estimate of drug-likeness (QED) is 0.282. The number of aliphatic imine (C=N–C) groups is 1. The van der Waals surface area contributed by atoms with Crippen molar-refractivity contribution in [2.45, 2.75) is 20.4 Å². The Hall–Kier alpha value is -1.68. The molecule has 0 aliphatic rings. The van der Waals surface area contributed by atoms with E-state index in [1.165, 1.54) is 0 Å². The first-order chi connectivity index (χ1) is 11.3. The van der Waals surface area contributed by atoms with Gasteiger partial charge in [0, 0.05) is 38.3 Å². The molecule has 0 spiro atoms. The van der Waals surface area contributed by atoms with Crippen LogP contribution < -0.4 is 10.6 Å². The number of halogens is 1. The maximum atomic E-state index is 5.32. The normalized spacial score (nSPS) is 11.0. The molecule has 0 saturated heterocycles. The highest BCUT2D eigenvalue weighted by Crippen LogP contribution is 2.07. The molecule has 0 saturated carbocycles. The van der Waals surface area contributed by atoms with Crippen LogP contribution >= 0.6 is 24.0 Å². The van der Waals surface area contributed by atoms with Gasteiger partial charge in [-0.1, -0.05) is 0 Å². The van der Waals surface area contributed by atoms with Gasteiger partial charge in [-0.05, 0) is 37.6 Å². The van der Waals surface area contributed by atoms with E-state index in [-0.39, 0.29) is 24.0 Å². The first-order valence-corrected chi connectivity index (χ1v) is 7.88. The number of hydrogen-bond acceptors (Lipinski definition) is 4. The van der Waals surface area contributed by atoms with Crippen LogP contribution in [0.4, 0.5) is 0 Å². The van der Waals surface area contributed by atoms with Gasteiger partial charge in [-0.15, -0.1) is 24.0 Å². The van der Waals surface area contributed by atoms with Crippen molar-refractivity contribution in [3.63, 3.8) is 0 Å². The lowest BCUT2D eigenvalue weighted by Crippen LogP contribution is -2.39. The molecular formula is C16H25IN6O. The molecule has 2 aromatic heterocycles. The Morgan fingerprint density at radius 2 is 2.17 bits per heavy atom. The van der Waals surface area contributed by atoms with Gasteiger partial charge in [0.05, 0.1) is 13.2 Å². The highest BCUT2D eigenvalue weighted by atomic mass is 127. The number of ether oxygens (including phenoxy) is 1. The largest absolute Gasteiger partial charge is 0.380 e. The lowest BCUT2D eigenvalue weighted by atomic mass is 10.2. The second kappa shape index (κ2) is 11.8. The van der Waals surface area contributed by atoms with Crippen molar-refractivity contribution in [3.8, 4) is 5.82 Å². The number of rotatable bonds is 8. The van der Waals surface area contributed by atoms with Gasteiger partial charge in [-0.25, -0.2) is 14.7 Å². The zero-order chi connectivity index (χ0) is 16.3. The van der Waals surface area contributed by atoms with Gasteiger partial charge >= 0.3 is 0 Å². The van der Waals surface area contributed by atoms with Crippen LogP contribution in [0.15, 0.2) is 41.8 Å². The molecule has 0 unspecified atom stereocenters. The van der Waals surface area contributed by atoms with Crippen LogP contribution in [-0.2, 0) is 11.3 Å². The van der Waals surface area contributed by atoms with Crippen LogP contribution in [0.1, 0.15) is 19.4 Å². The van der Waals surface area contributed by atoms with Gasteiger partial charge in [0.25, 0.3) is 0 Å². The van der Waals surface area contributed by atoms with Gasteiger partial charge in [0.2, 0.25) is 0 Å². The summed E-state index contributed by atoms with van der Waals surface area (Å²) in [5.74, 6) is 1.57. The molecule has 132 valence electrons. The van der Waals surface area contributed by atoms with E-state index in [4.69, 9.17) is 4.74 Å². The van der Waals surface area contributed by atoms with Crippen LogP contribution in [0.5, 0.6) is 0 Å². The third-order valence-corrected chi connectivity index (χ3v) is 3.06. The number of guanidine groups is 1. The van der Waals surface area contributed by atoms with E-state index >= 15 is 0 Å². The number of pyridine rings is 1. The van der Waals surface area contributed by atoms with E-state index < -0.39 is 0 Å². The molecule has 0 amide bonds. The van der Waals surface area contributed by atoms with Gasteiger partial charge in [-0.2, -0.15) is 5.10 Å². The van der Waals surface area contributed by atoms with Gasteiger partial charge < -0.3 is 15.4 Å². The van der Waals surface area contributed by atoms with Crippen molar-refractivity contribution in [1.82, 2.24) is 25.4 Å². The van der Waals surface area contributed by atoms with Crippen LogP contribution in [0, 0.1) is 0 Å². The van der Waals surface area contributed by atoms with Crippen LogP contribution in [0.2, 0.25) is 0 Å². The summed E-state index contributed by atoms with van der Waals surface area (Å²) in [6.07, 6.45) is 5.38. The number of hydrogen-bond donors (Lipinski definition) is 2. The zero-order valence-electron chi connectivity index (χ0n) is 14.1. The molecule has 24 heavy (non-hydrogen) atoms. The van der Waals surface area contributed by atoms with E-state index in [9.17, 15) is 0 Å². The molecule has 2 rings (SSSR count). The van der Waals surface area contributed by atoms with E-state index in [1.807, 2.05) is 38.2 Å². The summed E-state index contributed by atoms with van der Waals surface area (Å²) >= 11 is 0. The standard InChI is InChI=1S/C16H24N6O.HI/c1-3-17-16(19-9-11-23-4-2)20-13-14-6-8-18-15(12-14)22-10-5-7-21-22;/h5-8,10,12H,3-4,9,11,13H2,1-2H3,(H2,17,19,20);1H. The Morgan fingerprint density at radius 3 is 2.88 bits per heavy atom. The number of aromatic nitrogens is 3. The molecule has 2 heterocycles. The second-order valence-electron chi connectivity index (χ2n) is 4.79. The van der Waals surface area contributed by atoms with E-state index in [2.05, 4.69) is 25.7 Å². The molecule has 0 aliphatic heterocycles. The Bertz CT molecular complexity index is 602. The van der Waals surface area contributed by atoms with Crippen molar-refractivity contribution in [2.75, 3.05) is 26.3 Å². The molecule has 2 N–H and O–H groups in total. The summed E-state index contributed by atoms with van der Waals surface area (Å²) in [5, 5.41) is 10.7. The van der Waals surface area contributed by atoms with E-state index in [1.54, 1.807) is 17.1 Å². The fraction of sp³-hybridized carbons (Fsp3) is 0.438. The lowest BCUT2D eigenvalue weighted by molar-refractivity contribution is 0.152. The van der Waals surface area contributed by atoms with Gasteiger partial charge in [-0.3, -0.25) is 0 Å². The summed E-state index contributed by atoms with van der Waals surface area (Å²) in [4.78, 5) is 8.90. The molecule has 7 nitrogen and oxygen atoms in total. The molecule has 2 aromatic rings. The van der Waals surface area contributed by atoms with Crippen molar-refractivity contribution < 1.29 is 4.74 Å². The molecule has 0 fully saturated rings. The second-order valence-corrected chi connectivity index (χ2v) is 4.79. The Balaban J connectivity index is 0.00000288. The molecule has 0 radical (unpaired) electrons. The lowest BCUT2D eigenvalue weighted by Gasteiger charge is -2.11. The summed E-state index contributed by atoms with van der Waals surface area (Å²) in [6.45, 7) is 7.54. The summed E-state index contributed by atoms with van der Waals surface area (Å²) in [6, 6.07) is 5.82. The Kier molecular flexibility index (Phi) is 10.0. The fourth-order valence-corrected chi connectivity index (χ4v) is 1.99. The van der Waals surface area contributed by atoms with Crippen LogP contribution in [0.25, 0.3) is 5.82 Å². The third-order valence-electron chi connectivity index (χ3n) is 3.06. The van der Waals surface area contributed by atoms with Crippen LogP contribution in [-0.4, -0.2) is 47.0 Å². The Labute approximate surface area is 159 Å². The van der Waals surface area contributed by atoms with Gasteiger partial charge in [0.1, 0.15) is 0 Å². The third kappa shape index (κ3) is 6.83. The highest BCUT2D eigenvalue weighted by Gasteiger charge is 2.01. The van der Waals surface area contributed by atoms with Crippen molar-refractivity contribution in [2.24, 2.45) is 4.99 Å². The average Bonchev–Trinajstić information content (AvgIpc) is 3.11. The summed E-state index contributed by atoms with van der Waals surface area (Å²) in [7, 11) is 0. The minimum absolute atomic E-state index is 0. The first-order valence-electron chi connectivity index (χ1n) is 7.88. The monoisotopic (exact) mass is 444 g/mol. The molecule has 0 aliphatic carbocycles. The first kappa shape index (κ1) is 20.4. The predicted octanol–water partition coefficient (Wildman–Crippen LogP) is 1.98. The number of nitrogens with one attached hydrogen (secondary N) is 2. The van der Waals surface area contributed by atoms with Crippen LogP contribution in [0.3, 0.4) is 0 Å².